The first-order valence-electron chi connectivity index (χ1n) is 9.10. The molecule has 1 N–H and O–H groups in total. The molecule has 3 fully saturated rings. The van der Waals surface area contributed by atoms with Gasteiger partial charge in [-0.05, 0) is 78.4 Å². The van der Waals surface area contributed by atoms with Crippen molar-refractivity contribution in [3.05, 3.63) is 12.2 Å². The van der Waals surface area contributed by atoms with E-state index in [1.165, 1.54) is 38.5 Å². The monoisotopic (exact) mass is 288 g/mol. The predicted molar refractivity (Wildman–Crippen MR) is 86.9 cm³/mol. The van der Waals surface area contributed by atoms with E-state index in [0.29, 0.717) is 22.2 Å². The van der Waals surface area contributed by atoms with Crippen LogP contribution in [0, 0.1) is 33.5 Å². The average Bonchev–Trinajstić information content (AvgIpc) is 2.65. The van der Waals surface area contributed by atoms with E-state index < -0.39 is 0 Å². The predicted octanol–water partition coefficient (Wildman–Crippen LogP) is 4.95. The van der Waals surface area contributed by atoms with Crippen molar-refractivity contribution in [3.63, 3.8) is 0 Å². The van der Waals surface area contributed by atoms with Gasteiger partial charge in [0, 0.05) is 0 Å². The Hall–Kier alpha value is -0.300. The molecule has 0 aromatic rings. The van der Waals surface area contributed by atoms with Gasteiger partial charge in [0.2, 0.25) is 0 Å². The molecular formula is C20H32O. The second-order valence-corrected chi connectivity index (χ2v) is 9.96. The van der Waals surface area contributed by atoms with E-state index in [9.17, 15) is 5.11 Å². The molecule has 1 spiro atoms. The van der Waals surface area contributed by atoms with E-state index in [-0.39, 0.29) is 11.5 Å². The Morgan fingerprint density at radius 2 is 1.57 bits per heavy atom. The molecule has 1 nitrogen and oxygen atoms in total. The first-order valence-corrected chi connectivity index (χ1v) is 9.10. The summed E-state index contributed by atoms with van der Waals surface area (Å²) in [5, 5.41) is 10.5. The first-order chi connectivity index (χ1) is 9.72. The smallest absolute Gasteiger partial charge is 0.0594 e. The van der Waals surface area contributed by atoms with Gasteiger partial charge in [0.05, 0.1) is 6.10 Å². The highest BCUT2D eigenvalue weighted by Crippen LogP contribution is 2.71. The minimum Gasteiger partial charge on any atom is -0.393 e. The number of fused-ring (bicyclic) bond motifs is 3. The Kier molecular flexibility index (Phi) is 2.70. The summed E-state index contributed by atoms with van der Waals surface area (Å²) in [7, 11) is 0. The Bertz CT molecular complexity index is 492. The number of hydrogen-bond acceptors (Lipinski definition) is 1. The van der Waals surface area contributed by atoms with Gasteiger partial charge in [0.25, 0.3) is 0 Å². The molecule has 0 aromatic carbocycles. The third-order valence-electron chi connectivity index (χ3n) is 8.45. The van der Waals surface area contributed by atoms with Crippen molar-refractivity contribution in [2.45, 2.75) is 78.7 Å². The molecular weight excluding hydrogens is 256 g/mol. The van der Waals surface area contributed by atoms with Gasteiger partial charge in [-0.1, -0.05) is 39.8 Å². The molecule has 4 rings (SSSR count). The molecule has 6 atom stereocenters. The van der Waals surface area contributed by atoms with Gasteiger partial charge in [-0.3, -0.25) is 0 Å². The molecule has 1 heteroatoms. The van der Waals surface area contributed by atoms with Crippen molar-refractivity contribution in [1.82, 2.24) is 0 Å². The topological polar surface area (TPSA) is 20.2 Å². The minimum absolute atomic E-state index is 0.0949. The first kappa shape index (κ1) is 14.3. The van der Waals surface area contributed by atoms with Gasteiger partial charge in [-0.15, -0.1) is 0 Å². The molecule has 118 valence electrons. The lowest BCUT2D eigenvalue weighted by molar-refractivity contribution is -0.176. The fourth-order valence-corrected chi connectivity index (χ4v) is 7.35. The van der Waals surface area contributed by atoms with Crippen LogP contribution in [0.2, 0.25) is 0 Å². The van der Waals surface area contributed by atoms with Crippen LogP contribution >= 0.6 is 0 Å². The number of rotatable bonds is 0. The highest BCUT2D eigenvalue weighted by molar-refractivity contribution is 5.25. The average molecular weight is 288 g/mol. The highest BCUT2D eigenvalue weighted by atomic mass is 16.3. The highest BCUT2D eigenvalue weighted by Gasteiger charge is 2.64. The summed E-state index contributed by atoms with van der Waals surface area (Å²) >= 11 is 0. The second kappa shape index (κ2) is 3.96. The van der Waals surface area contributed by atoms with Crippen LogP contribution in [0.25, 0.3) is 0 Å². The van der Waals surface area contributed by atoms with Crippen molar-refractivity contribution in [3.8, 4) is 0 Å². The number of aliphatic hydroxyl groups excluding tert-OH is 1. The fourth-order valence-electron chi connectivity index (χ4n) is 7.35. The maximum absolute atomic E-state index is 10.5. The van der Waals surface area contributed by atoms with Crippen LogP contribution < -0.4 is 0 Å². The Morgan fingerprint density at radius 1 is 0.857 bits per heavy atom. The molecule has 0 amide bonds. The molecule has 21 heavy (non-hydrogen) atoms. The van der Waals surface area contributed by atoms with Crippen LogP contribution in [0.4, 0.5) is 0 Å². The molecule has 2 bridgehead atoms. The summed E-state index contributed by atoms with van der Waals surface area (Å²) < 4.78 is 0. The van der Waals surface area contributed by atoms with Gasteiger partial charge in [-0.25, -0.2) is 0 Å². The number of aliphatic hydroxyl groups is 1. The van der Waals surface area contributed by atoms with E-state index in [2.05, 4.69) is 39.8 Å². The maximum Gasteiger partial charge on any atom is 0.0594 e. The number of allylic oxidation sites excluding steroid dienone is 2. The quantitative estimate of drug-likeness (QED) is 0.626. The second-order valence-electron chi connectivity index (χ2n) is 9.96. The normalized spacial score (nSPS) is 57.7. The zero-order valence-corrected chi connectivity index (χ0v) is 14.3. The van der Waals surface area contributed by atoms with E-state index in [1.54, 1.807) is 0 Å². The summed E-state index contributed by atoms with van der Waals surface area (Å²) in [6, 6.07) is 0. The summed E-state index contributed by atoms with van der Waals surface area (Å²) in [5.74, 6) is 1.55. The lowest BCUT2D eigenvalue weighted by atomic mass is 9.40. The van der Waals surface area contributed by atoms with Crippen LogP contribution in [-0.4, -0.2) is 11.2 Å². The lowest BCUT2D eigenvalue weighted by Crippen LogP contribution is -2.59. The molecule has 0 aromatic heterocycles. The van der Waals surface area contributed by atoms with Crippen LogP contribution in [0.15, 0.2) is 12.2 Å². The molecule has 0 radical (unpaired) electrons. The lowest BCUT2D eigenvalue weighted by Gasteiger charge is -2.65. The molecule has 0 heterocycles. The summed E-state index contributed by atoms with van der Waals surface area (Å²) in [5.41, 5.74) is 1.52. The maximum atomic E-state index is 10.5. The van der Waals surface area contributed by atoms with E-state index in [0.717, 1.165) is 12.3 Å². The third-order valence-corrected chi connectivity index (χ3v) is 8.45. The molecule has 4 aliphatic rings. The van der Waals surface area contributed by atoms with Gasteiger partial charge in [0.15, 0.2) is 0 Å². The standard InChI is InChI=1S/C20H32O/c1-17(2)14-6-10-20-12-11-18(3,13-20)8-5-15(20)19(14,4)9-7-16(17)21/h11-12,14-16,21H,5-10,13H2,1-4H3/t14-,15-,16-,18-,19-,20+/m1/s1. The zero-order valence-electron chi connectivity index (χ0n) is 14.3. The Morgan fingerprint density at radius 3 is 2.33 bits per heavy atom. The van der Waals surface area contributed by atoms with Gasteiger partial charge in [-0.2, -0.15) is 0 Å². The van der Waals surface area contributed by atoms with Crippen molar-refractivity contribution >= 4 is 0 Å². The van der Waals surface area contributed by atoms with E-state index >= 15 is 0 Å². The van der Waals surface area contributed by atoms with E-state index in [4.69, 9.17) is 0 Å². The fraction of sp³-hybridized carbons (Fsp3) is 0.900. The van der Waals surface area contributed by atoms with Gasteiger partial charge < -0.3 is 5.11 Å². The molecule has 3 saturated carbocycles. The molecule has 0 aliphatic heterocycles. The Balaban J connectivity index is 1.74. The zero-order chi connectivity index (χ0) is 15.1. The minimum atomic E-state index is -0.0994. The summed E-state index contributed by atoms with van der Waals surface area (Å²) in [6.07, 6.45) is 14.2. The van der Waals surface area contributed by atoms with Crippen LogP contribution in [-0.2, 0) is 0 Å². The molecule has 0 saturated heterocycles. The SMILES string of the molecule is CC1(C)[C@H](O)CC[C@]2(C)[C@@H]1CC[C@@]13C=C[C@@](C)(CC[C@@H]12)C3. The molecule has 4 aliphatic carbocycles. The van der Waals surface area contributed by atoms with Crippen LogP contribution in [0.1, 0.15) is 72.6 Å². The van der Waals surface area contributed by atoms with Gasteiger partial charge in [0.1, 0.15) is 0 Å². The molecule has 0 unspecified atom stereocenters. The Labute approximate surface area is 130 Å². The van der Waals surface area contributed by atoms with Crippen molar-refractivity contribution in [1.29, 1.82) is 0 Å². The van der Waals surface area contributed by atoms with Gasteiger partial charge >= 0.3 is 0 Å². The number of hydrogen-bond donors (Lipinski definition) is 1. The van der Waals surface area contributed by atoms with Crippen LogP contribution in [0.5, 0.6) is 0 Å². The summed E-state index contributed by atoms with van der Waals surface area (Å²) in [4.78, 5) is 0. The van der Waals surface area contributed by atoms with Crippen molar-refractivity contribution in [2.24, 2.45) is 33.5 Å². The van der Waals surface area contributed by atoms with E-state index in [1.807, 2.05) is 0 Å². The largest absolute Gasteiger partial charge is 0.393 e. The van der Waals surface area contributed by atoms with Crippen LogP contribution in [0.3, 0.4) is 0 Å². The summed E-state index contributed by atoms with van der Waals surface area (Å²) in [6.45, 7) is 9.70. The van der Waals surface area contributed by atoms with Crippen molar-refractivity contribution < 1.29 is 5.11 Å². The third kappa shape index (κ3) is 1.68. The van der Waals surface area contributed by atoms with Crippen molar-refractivity contribution in [2.75, 3.05) is 0 Å².